The number of H-pyrrole nitrogens is 1. The van der Waals surface area contributed by atoms with Gasteiger partial charge in [0.25, 0.3) is 11.4 Å². The Kier molecular flexibility index (Phi) is 3.69. The Hall–Kier alpha value is -3.26. The average Bonchev–Trinajstić information content (AvgIpc) is 3.10. The van der Waals surface area contributed by atoms with Crippen LogP contribution < -0.4 is 5.56 Å². The summed E-state index contributed by atoms with van der Waals surface area (Å²) in [6.07, 6.45) is 1.14. The van der Waals surface area contributed by atoms with Crippen LogP contribution in [0, 0.1) is 0 Å². The molecule has 0 aliphatic carbocycles. The molecule has 2 aromatic heterocycles. The molecule has 0 saturated carbocycles. The zero-order chi connectivity index (χ0) is 18.3. The second kappa shape index (κ2) is 5.92. The monoisotopic (exact) mass is 367 g/mol. The van der Waals surface area contributed by atoms with Gasteiger partial charge in [-0.3, -0.25) is 4.79 Å². The molecule has 0 atom stereocenters. The van der Waals surface area contributed by atoms with Gasteiger partial charge in [-0.1, -0.05) is 23.4 Å². The molecule has 0 spiro atoms. The van der Waals surface area contributed by atoms with E-state index in [2.05, 4.69) is 15.1 Å². The predicted octanol–water partition coefficient (Wildman–Crippen LogP) is 2.65. The van der Waals surface area contributed by atoms with Crippen LogP contribution in [0.4, 0.5) is 0 Å². The largest absolute Gasteiger partial charge is 0.333 e. The first-order valence-electron chi connectivity index (χ1n) is 7.68. The lowest BCUT2D eigenvalue weighted by Gasteiger charge is -1.99. The lowest BCUT2D eigenvalue weighted by Crippen LogP contribution is -2.08. The van der Waals surface area contributed by atoms with Gasteiger partial charge in [-0.2, -0.15) is 4.98 Å². The summed E-state index contributed by atoms with van der Waals surface area (Å²) in [5.41, 5.74) is 1.25. The molecule has 130 valence electrons. The van der Waals surface area contributed by atoms with Crippen LogP contribution in [0.25, 0.3) is 33.7 Å². The van der Waals surface area contributed by atoms with E-state index in [-0.39, 0.29) is 27.7 Å². The Morgan fingerprint density at radius 1 is 1.04 bits per heavy atom. The molecule has 0 aliphatic heterocycles. The van der Waals surface area contributed by atoms with Crippen LogP contribution in [0.15, 0.2) is 68.8 Å². The van der Waals surface area contributed by atoms with Crippen LogP contribution in [0.1, 0.15) is 0 Å². The van der Waals surface area contributed by atoms with Crippen molar-refractivity contribution in [2.24, 2.45) is 0 Å². The molecular weight excluding hydrogens is 354 g/mol. The molecular formula is C18H13N3O4S. The Bertz CT molecular complexity index is 1270. The number of aromatic amines is 1. The number of hydrogen-bond acceptors (Lipinski definition) is 6. The lowest BCUT2D eigenvalue weighted by molar-refractivity contribution is 0.432. The maximum Gasteiger partial charge on any atom is 0.263 e. The molecule has 2 aromatic carbocycles. The number of para-hydroxylation sites is 1. The van der Waals surface area contributed by atoms with Crippen LogP contribution in [0.3, 0.4) is 0 Å². The third-order valence-corrected chi connectivity index (χ3v) is 5.08. The molecule has 2 heterocycles. The van der Waals surface area contributed by atoms with E-state index >= 15 is 0 Å². The molecule has 0 aliphatic rings. The number of benzene rings is 2. The van der Waals surface area contributed by atoms with Crippen molar-refractivity contribution in [3.05, 3.63) is 65.0 Å². The van der Waals surface area contributed by atoms with E-state index in [1.54, 1.807) is 18.2 Å². The minimum Gasteiger partial charge on any atom is -0.333 e. The SMILES string of the molecule is CS(=O)(=O)c1ccc(-c2noc(-c3cc4ccccc4[nH]c3=O)n2)cc1. The fourth-order valence-corrected chi connectivity index (χ4v) is 3.24. The quantitative estimate of drug-likeness (QED) is 0.597. The summed E-state index contributed by atoms with van der Waals surface area (Å²) < 4.78 is 28.3. The minimum atomic E-state index is -3.28. The molecule has 1 N–H and O–H groups in total. The van der Waals surface area contributed by atoms with Crippen molar-refractivity contribution in [3.8, 4) is 22.8 Å². The van der Waals surface area contributed by atoms with Gasteiger partial charge in [-0.25, -0.2) is 8.42 Å². The van der Waals surface area contributed by atoms with Gasteiger partial charge in [0.2, 0.25) is 5.82 Å². The number of nitrogens with zero attached hydrogens (tertiary/aromatic N) is 2. The highest BCUT2D eigenvalue weighted by atomic mass is 32.2. The highest BCUT2D eigenvalue weighted by Crippen LogP contribution is 2.23. The molecule has 7 nitrogen and oxygen atoms in total. The summed E-state index contributed by atoms with van der Waals surface area (Å²) in [7, 11) is -3.28. The molecule has 0 radical (unpaired) electrons. The van der Waals surface area contributed by atoms with E-state index in [1.165, 1.54) is 12.1 Å². The minimum absolute atomic E-state index is 0.0965. The van der Waals surface area contributed by atoms with Gasteiger partial charge >= 0.3 is 0 Å². The Morgan fingerprint density at radius 3 is 2.50 bits per heavy atom. The van der Waals surface area contributed by atoms with Crippen molar-refractivity contribution in [2.45, 2.75) is 4.90 Å². The van der Waals surface area contributed by atoms with E-state index < -0.39 is 9.84 Å². The molecule has 8 heteroatoms. The number of pyridine rings is 1. The summed E-state index contributed by atoms with van der Waals surface area (Å²) >= 11 is 0. The first-order chi connectivity index (χ1) is 12.4. The van der Waals surface area contributed by atoms with Gasteiger partial charge in [-0.15, -0.1) is 0 Å². The normalized spacial score (nSPS) is 11.7. The van der Waals surface area contributed by atoms with E-state index in [0.29, 0.717) is 5.56 Å². The van der Waals surface area contributed by atoms with Crippen LogP contribution >= 0.6 is 0 Å². The highest BCUT2D eigenvalue weighted by Gasteiger charge is 2.15. The number of aromatic nitrogens is 3. The van der Waals surface area contributed by atoms with Crippen LogP contribution in [0.5, 0.6) is 0 Å². The van der Waals surface area contributed by atoms with Crippen molar-refractivity contribution in [1.29, 1.82) is 0 Å². The van der Waals surface area contributed by atoms with Gasteiger partial charge in [-0.05, 0) is 41.8 Å². The summed E-state index contributed by atoms with van der Waals surface area (Å²) in [5, 5.41) is 4.73. The molecule has 0 amide bonds. The number of fused-ring (bicyclic) bond motifs is 1. The van der Waals surface area contributed by atoms with Crippen molar-refractivity contribution >= 4 is 20.7 Å². The fourth-order valence-electron chi connectivity index (χ4n) is 2.61. The molecule has 0 bridgehead atoms. The summed E-state index contributed by atoms with van der Waals surface area (Å²) in [4.78, 5) is 19.5. The molecule has 0 saturated heterocycles. The lowest BCUT2D eigenvalue weighted by atomic mass is 10.1. The molecule has 0 fully saturated rings. The molecule has 0 unspecified atom stereocenters. The number of sulfone groups is 1. The number of rotatable bonds is 3. The van der Waals surface area contributed by atoms with Crippen molar-refractivity contribution in [1.82, 2.24) is 15.1 Å². The van der Waals surface area contributed by atoms with Crippen LogP contribution in [-0.2, 0) is 9.84 Å². The smallest absolute Gasteiger partial charge is 0.263 e. The second-order valence-corrected chi connectivity index (χ2v) is 7.83. The topological polar surface area (TPSA) is 106 Å². The number of nitrogens with one attached hydrogen (secondary N) is 1. The van der Waals surface area contributed by atoms with E-state index in [1.807, 2.05) is 24.3 Å². The molecule has 26 heavy (non-hydrogen) atoms. The van der Waals surface area contributed by atoms with Crippen LogP contribution in [0.2, 0.25) is 0 Å². The molecule has 4 aromatic rings. The standard InChI is InChI=1S/C18H13N3O4S/c1-26(23,24)13-8-6-11(7-9-13)16-20-18(25-21-16)14-10-12-4-2-3-5-15(12)19-17(14)22/h2-10H,1H3,(H,19,22). The average molecular weight is 367 g/mol. The van der Waals surface area contributed by atoms with Crippen molar-refractivity contribution in [2.75, 3.05) is 6.26 Å². The Balaban J connectivity index is 1.75. The maximum atomic E-state index is 12.3. The molecule has 4 rings (SSSR count). The summed E-state index contributed by atoms with van der Waals surface area (Å²) in [6.45, 7) is 0. The number of hydrogen-bond donors (Lipinski definition) is 1. The van der Waals surface area contributed by atoms with Gasteiger partial charge in [0.05, 0.1) is 4.90 Å². The zero-order valence-corrected chi connectivity index (χ0v) is 14.4. The fraction of sp³-hybridized carbons (Fsp3) is 0.0556. The van der Waals surface area contributed by atoms with Crippen LogP contribution in [-0.4, -0.2) is 29.8 Å². The van der Waals surface area contributed by atoms with E-state index in [9.17, 15) is 13.2 Å². The van der Waals surface area contributed by atoms with E-state index in [4.69, 9.17) is 4.52 Å². The van der Waals surface area contributed by atoms with Gasteiger partial charge < -0.3 is 9.51 Å². The van der Waals surface area contributed by atoms with Crippen molar-refractivity contribution in [3.63, 3.8) is 0 Å². The first kappa shape index (κ1) is 16.2. The zero-order valence-electron chi connectivity index (χ0n) is 13.6. The predicted molar refractivity (Wildman–Crippen MR) is 96.4 cm³/mol. The van der Waals surface area contributed by atoms with Gasteiger partial charge in [0.15, 0.2) is 9.84 Å². The summed E-state index contributed by atoms with van der Waals surface area (Å²) in [6, 6.07) is 15.2. The van der Waals surface area contributed by atoms with E-state index in [0.717, 1.165) is 17.2 Å². The van der Waals surface area contributed by atoms with Gasteiger partial charge in [0, 0.05) is 17.3 Å². The summed E-state index contributed by atoms with van der Waals surface area (Å²) in [5.74, 6) is 0.367. The van der Waals surface area contributed by atoms with Gasteiger partial charge in [0.1, 0.15) is 5.56 Å². The Labute approximate surface area is 148 Å². The first-order valence-corrected chi connectivity index (χ1v) is 9.57. The highest BCUT2D eigenvalue weighted by molar-refractivity contribution is 7.90. The Morgan fingerprint density at radius 2 is 1.77 bits per heavy atom. The third kappa shape index (κ3) is 2.91. The maximum absolute atomic E-state index is 12.3. The second-order valence-electron chi connectivity index (χ2n) is 5.82. The van der Waals surface area contributed by atoms with Crippen molar-refractivity contribution < 1.29 is 12.9 Å². The third-order valence-electron chi connectivity index (χ3n) is 3.95.